The van der Waals surface area contributed by atoms with Gasteiger partial charge in [0.15, 0.2) is 5.82 Å². The van der Waals surface area contributed by atoms with E-state index < -0.39 is 0 Å². The van der Waals surface area contributed by atoms with Gasteiger partial charge in [-0.2, -0.15) is 0 Å². The van der Waals surface area contributed by atoms with E-state index in [1.807, 2.05) is 60.8 Å². The summed E-state index contributed by atoms with van der Waals surface area (Å²) in [6.07, 6.45) is 1.97. The van der Waals surface area contributed by atoms with E-state index in [0.29, 0.717) is 5.82 Å². The van der Waals surface area contributed by atoms with Crippen molar-refractivity contribution < 1.29 is 0 Å². The summed E-state index contributed by atoms with van der Waals surface area (Å²) in [4.78, 5) is 15.1. The molecule has 0 aliphatic carbocycles. The van der Waals surface area contributed by atoms with E-state index in [1.165, 1.54) is 43.6 Å². The molecule has 11 rings (SSSR count). The third-order valence-corrected chi connectivity index (χ3v) is 10.8. The molecule has 0 atom stereocenters. The molecular formula is C51H33N5. The first-order chi connectivity index (χ1) is 27.8. The Hall–Kier alpha value is -7.63. The Balaban J connectivity index is 1.11. The molecule has 0 unspecified atom stereocenters. The van der Waals surface area contributed by atoms with Crippen molar-refractivity contribution in [3.8, 4) is 56.5 Å². The van der Waals surface area contributed by atoms with Gasteiger partial charge in [0.05, 0.1) is 39.1 Å². The summed E-state index contributed by atoms with van der Waals surface area (Å²) in [5.74, 6) is 0.669. The molecule has 5 heteroatoms. The fraction of sp³-hybridized carbons (Fsp3) is 0. The largest absolute Gasteiger partial charge is 0.309 e. The highest BCUT2D eigenvalue weighted by atomic mass is 15.0. The van der Waals surface area contributed by atoms with Gasteiger partial charge in [0, 0.05) is 55.8 Å². The van der Waals surface area contributed by atoms with Crippen LogP contribution in [0.5, 0.6) is 0 Å². The van der Waals surface area contributed by atoms with Crippen LogP contribution in [-0.2, 0) is 0 Å². The van der Waals surface area contributed by atoms with Gasteiger partial charge in [-0.15, -0.1) is 0 Å². The van der Waals surface area contributed by atoms with Crippen LogP contribution in [0.2, 0.25) is 0 Å². The van der Waals surface area contributed by atoms with Gasteiger partial charge in [0.25, 0.3) is 0 Å². The number of hydrogen-bond donors (Lipinski definition) is 0. The standard InChI is InChI=1S/C51H33N5/c1-3-15-34(16-4-1)45-32-46(54-51(53-45)35-17-5-2-6-18-35)44-28-27-36(33-52-44)37-29-38(55-47-23-11-7-19-40(47)41-20-8-12-24-48(41)55)31-39(30-37)56-49-25-13-9-21-42(49)43-22-10-14-26-50(43)56/h1-33H. The molecule has 4 aromatic heterocycles. The van der Waals surface area contributed by atoms with Gasteiger partial charge in [0.1, 0.15) is 0 Å². The minimum atomic E-state index is 0.669. The van der Waals surface area contributed by atoms with Gasteiger partial charge < -0.3 is 9.13 Å². The van der Waals surface area contributed by atoms with E-state index >= 15 is 0 Å². The number of fused-ring (bicyclic) bond motifs is 6. The molecule has 0 saturated carbocycles. The molecule has 56 heavy (non-hydrogen) atoms. The number of para-hydroxylation sites is 4. The fourth-order valence-electron chi connectivity index (χ4n) is 8.19. The summed E-state index contributed by atoms with van der Waals surface area (Å²) in [7, 11) is 0. The van der Waals surface area contributed by atoms with Gasteiger partial charge >= 0.3 is 0 Å². The molecule has 0 saturated heterocycles. The number of benzene rings is 7. The maximum absolute atomic E-state index is 5.08. The second-order valence-electron chi connectivity index (χ2n) is 14.1. The van der Waals surface area contributed by atoms with E-state index in [2.05, 4.69) is 149 Å². The van der Waals surface area contributed by atoms with Crippen molar-refractivity contribution in [2.75, 3.05) is 0 Å². The van der Waals surface area contributed by atoms with Gasteiger partial charge in [-0.3, -0.25) is 4.98 Å². The second kappa shape index (κ2) is 13.0. The maximum Gasteiger partial charge on any atom is 0.160 e. The molecule has 0 spiro atoms. The first-order valence-electron chi connectivity index (χ1n) is 18.9. The molecule has 0 amide bonds. The topological polar surface area (TPSA) is 48.5 Å². The Morgan fingerprint density at radius 2 is 0.750 bits per heavy atom. The maximum atomic E-state index is 5.08. The molecule has 0 aliphatic heterocycles. The van der Waals surface area contributed by atoms with E-state index in [1.54, 1.807) is 0 Å². The van der Waals surface area contributed by atoms with Crippen LogP contribution in [0.3, 0.4) is 0 Å². The SMILES string of the molecule is c1ccc(-c2cc(-c3ccc(-c4cc(-n5c6ccccc6c6ccccc65)cc(-n5c6ccccc6c6ccccc65)c4)cn3)nc(-c3ccccc3)n2)cc1. The van der Waals surface area contributed by atoms with Gasteiger partial charge in [0.2, 0.25) is 0 Å². The van der Waals surface area contributed by atoms with Gasteiger partial charge in [-0.25, -0.2) is 9.97 Å². The predicted octanol–water partition coefficient (Wildman–Crippen LogP) is 12.7. The monoisotopic (exact) mass is 715 g/mol. The highest BCUT2D eigenvalue weighted by Gasteiger charge is 2.18. The Kier molecular flexibility index (Phi) is 7.42. The summed E-state index contributed by atoms with van der Waals surface area (Å²) >= 11 is 0. The van der Waals surface area contributed by atoms with Crippen molar-refractivity contribution in [2.24, 2.45) is 0 Å². The highest BCUT2D eigenvalue weighted by molar-refractivity contribution is 6.10. The van der Waals surface area contributed by atoms with Crippen LogP contribution in [0.4, 0.5) is 0 Å². The number of aromatic nitrogens is 5. The smallest absolute Gasteiger partial charge is 0.160 e. The molecule has 7 aromatic carbocycles. The van der Waals surface area contributed by atoms with Crippen molar-refractivity contribution in [1.29, 1.82) is 0 Å². The Labute approximate surface area is 323 Å². The third kappa shape index (κ3) is 5.29. The highest BCUT2D eigenvalue weighted by Crippen LogP contribution is 2.38. The Morgan fingerprint density at radius 3 is 1.23 bits per heavy atom. The first-order valence-corrected chi connectivity index (χ1v) is 18.9. The van der Waals surface area contributed by atoms with E-state index in [9.17, 15) is 0 Å². The Morgan fingerprint density at radius 1 is 0.304 bits per heavy atom. The average Bonchev–Trinajstić information content (AvgIpc) is 3.80. The zero-order valence-electron chi connectivity index (χ0n) is 30.3. The van der Waals surface area contributed by atoms with Crippen molar-refractivity contribution in [2.45, 2.75) is 0 Å². The minimum absolute atomic E-state index is 0.669. The van der Waals surface area contributed by atoms with Crippen molar-refractivity contribution in [1.82, 2.24) is 24.1 Å². The second-order valence-corrected chi connectivity index (χ2v) is 14.1. The van der Waals surface area contributed by atoms with Crippen LogP contribution in [0, 0.1) is 0 Å². The lowest BCUT2D eigenvalue weighted by molar-refractivity contribution is 1.13. The molecule has 0 aliphatic rings. The molecule has 5 nitrogen and oxygen atoms in total. The molecule has 0 radical (unpaired) electrons. The lowest BCUT2D eigenvalue weighted by atomic mass is 10.0. The van der Waals surface area contributed by atoms with Crippen LogP contribution in [0.25, 0.3) is 100 Å². The van der Waals surface area contributed by atoms with Crippen LogP contribution >= 0.6 is 0 Å². The molecule has 0 N–H and O–H groups in total. The van der Waals surface area contributed by atoms with Crippen LogP contribution < -0.4 is 0 Å². The van der Waals surface area contributed by atoms with Crippen molar-refractivity contribution in [3.05, 3.63) is 200 Å². The number of nitrogens with zero attached hydrogens (tertiary/aromatic N) is 5. The molecule has 262 valence electrons. The average molecular weight is 716 g/mol. The molecule has 0 fully saturated rings. The first kappa shape index (κ1) is 31.9. The summed E-state index contributed by atoms with van der Waals surface area (Å²) in [5, 5.41) is 4.92. The quantitative estimate of drug-likeness (QED) is 0.172. The zero-order chi connectivity index (χ0) is 37.0. The molecule has 11 aromatic rings. The third-order valence-electron chi connectivity index (χ3n) is 10.8. The number of pyridine rings is 1. The van der Waals surface area contributed by atoms with Crippen molar-refractivity contribution >= 4 is 43.6 Å². The zero-order valence-corrected chi connectivity index (χ0v) is 30.3. The molecule has 0 bridgehead atoms. The van der Waals surface area contributed by atoms with Crippen LogP contribution in [0.1, 0.15) is 0 Å². The Bertz CT molecular complexity index is 2940. The number of hydrogen-bond acceptors (Lipinski definition) is 3. The molecular weight excluding hydrogens is 683 g/mol. The lowest BCUT2D eigenvalue weighted by Crippen LogP contribution is -2.00. The summed E-state index contributed by atoms with van der Waals surface area (Å²) < 4.78 is 4.79. The van der Waals surface area contributed by atoms with Crippen LogP contribution in [-0.4, -0.2) is 24.1 Å². The lowest BCUT2D eigenvalue weighted by Gasteiger charge is -2.16. The van der Waals surface area contributed by atoms with E-state index in [0.717, 1.165) is 50.7 Å². The molecule has 4 heterocycles. The van der Waals surface area contributed by atoms with Crippen molar-refractivity contribution in [3.63, 3.8) is 0 Å². The van der Waals surface area contributed by atoms with E-state index in [-0.39, 0.29) is 0 Å². The van der Waals surface area contributed by atoms with Gasteiger partial charge in [-0.05, 0) is 60.2 Å². The van der Waals surface area contributed by atoms with E-state index in [4.69, 9.17) is 15.0 Å². The summed E-state index contributed by atoms with van der Waals surface area (Å²) in [6, 6.07) is 68.3. The summed E-state index contributed by atoms with van der Waals surface area (Å²) in [5.41, 5.74) is 13.3. The van der Waals surface area contributed by atoms with Crippen LogP contribution in [0.15, 0.2) is 200 Å². The fourth-order valence-corrected chi connectivity index (χ4v) is 8.19. The minimum Gasteiger partial charge on any atom is -0.309 e. The number of rotatable bonds is 6. The normalized spacial score (nSPS) is 11.6. The summed E-state index contributed by atoms with van der Waals surface area (Å²) in [6.45, 7) is 0. The predicted molar refractivity (Wildman–Crippen MR) is 230 cm³/mol. The van der Waals surface area contributed by atoms with Gasteiger partial charge in [-0.1, -0.05) is 140 Å².